The smallest absolute Gasteiger partial charge is 0.223 e. The average molecular weight is 303 g/mol. The van der Waals surface area contributed by atoms with E-state index in [2.05, 4.69) is 5.32 Å². The van der Waals surface area contributed by atoms with E-state index in [1.165, 1.54) is 32.1 Å². The first-order valence-corrected chi connectivity index (χ1v) is 7.82. The van der Waals surface area contributed by atoms with E-state index in [4.69, 9.17) is 0 Å². The molecule has 20 heavy (non-hydrogen) atoms. The Hall–Kier alpha value is -0.320. The maximum absolute atomic E-state index is 12.3. The zero-order valence-electron chi connectivity index (χ0n) is 12.2. The monoisotopic (exact) mass is 302 g/mol. The summed E-state index contributed by atoms with van der Waals surface area (Å²) in [6, 6.07) is 0. The molecule has 1 aliphatic carbocycles. The van der Waals surface area contributed by atoms with Crippen molar-refractivity contribution in [1.82, 2.24) is 10.2 Å². The van der Waals surface area contributed by atoms with E-state index in [0.29, 0.717) is 6.54 Å². The summed E-state index contributed by atoms with van der Waals surface area (Å²) in [6.45, 7) is 3.17. The molecule has 0 radical (unpaired) electrons. The van der Waals surface area contributed by atoms with Crippen LogP contribution in [0.15, 0.2) is 0 Å². The summed E-state index contributed by atoms with van der Waals surface area (Å²) >= 11 is 0. The molecular weight excluding hydrogens is 276 g/mol. The number of likely N-dealkylation sites (tertiary alicyclic amines) is 1. The maximum atomic E-state index is 12.3. The molecule has 4 nitrogen and oxygen atoms in total. The Kier molecular flexibility index (Phi) is 4.98. The predicted molar refractivity (Wildman–Crippen MR) is 81.0 cm³/mol. The lowest BCUT2D eigenvalue weighted by Gasteiger charge is -2.37. The topological polar surface area (TPSA) is 52.6 Å². The molecule has 3 aliphatic rings. The van der Waals surface area contributed by atoms with Gasteiger partial charge in [0, 0.05) is 19.5 Å². The van der Waals surface area contributed by atoms with E-state index in [-0.39, 0.29) is 23.7 Å². The van der Waals surface area contributed by atoms with E-state index in [1.54, 1.807) is 0 Å². The number of nitrogens with one attached hydrogen (secondary N) is 1. The number of carbonyl (C=O) groups excluding carboxylic acids is 1. The van der Waals surface area contributed by atoms with Gasteiger partial charge in [0.25, 0.3) is 0 Å². The molecule has 0 atom stereocenters. The first kappa shape index (κ1) is 16.1. The molecule has 2 N–H and O–H groups in total. The first-order chi connectivity index (χ1) is 9.11. The Morgan fingerprint density at radius 3 is 2.40 bits per heavy atom. The minimum Gasteiger partial charge on any atom is -0.388 e. The van der Waals surface area contributed by atoms with Crippen molar-refractivity contribution in [3.63, 3.8) is 0 Å². The molecule has 2 aliphatic heterocycles. The molecule has 3 fully saturated rings. The van der Waals surface area contributed by atoms with E-state index in [0.717, 1.165) is 38.9 Å². The van der Waals surface area contributed by atoms with Crippen LogP contribution in [0.25, 0.3) is 0 Å². The molecule has 0 aromatic carbocycles. The van der Waals surface area contributed by atoms with E-state index < -0.39 is 5.60 Å². The van der Waals surface area contributed by atoms with Gasteiger partial charge in [-0.3, -0.25) is 4.79 Å². The summed E-state index contributed by atoms with van der Waals surface area (Å²) in [6.07, 6.45) is 8.54. The van der Waals surface area contributed by atoms with Crippen LogP contribution in [-0.4, -0.2) is 47.7 Å². The lowest BCUT2D eigenvalue weighted by Crippen LogP contribution is -2.50. The van der Waals surface area contributed by atoms with Crippen LogP contribution < -0.4 is 5.32 Å². The average Bonchev–Trinajstić information content (AvgIpc) is 2.66. The number of hydrogen-bond donors (Lipinski definition) is 2. The van der Waals surface area contributed by atoms with Crippen molar-refractivity contribution in [1.29, 1.82) is 0 Å². The second-order valence-electron chi connectivity index (χ2n) is 6.96. The molecule has 0 aromatic heterocycles. The van der Waals surface area contributed by atoms with Crippen LogP contribution in [0.2, 0.25) is 0 Å². The maximum Gasteiger partial charge on any atom is 0.223 e. The lowest BCUT2D eigenvalue weighted by atomic mass is 9.73. The van der Waals surface area contributed by atoms with Gasteiger partial charge < -0.3 is 15.3 Å². The number of halogens is 1. The highest BCUT2D eigenvalue weighted by Crippen LogP contribution is 2.44. The number of β-amino-alcohol motifs (C(OH)–C–C–N with tert-alkyl or cyclic N) is 1. The molecule has 0 unspecified atom stereocenters. The summed E-state index contributed by atoms with van der Waals surface area (Å²) in [7, 11) is 0. The normalized spacial score (nSPS) is 28.4. The minimum atomic E-state index is -0.652. The van der Waals surface area contributed by atoms with Crippen LogP contribution in [0.3, 0.4) is 0 Å². The summed E-state index contributed by atoms with van der Waals surface area (Å²) < 4.78 is 0. The van der Waals surface area contributed by atoms with Crippen LogP contribution in [0.5, 0.6) is 0 Å². The quantitative estimate of drug-likeness (QED) is 0.816. The second kappa shape index (κ2) is 6.20. The number of rotatable bonds is 2. The molecule has 2 saturated heterocycles. The fourth-order valence-electron chi connectivity index (χ4n) is 4.17. The van der Waals surface area contributed by atoms with Gasteiger partial charge in [-0.2, -0.15) is 0 Å². The molecule has 1 amide bonds. The third-order valence-electron chi connectivity index (χ3n) is 5.34. The van der Waals surface area contributed by atoms with Crippen molar-refractivity contribution in [3.05, 3.63) is 0 Å². The predicted octanol–water partition coefficient (Wildman–Crippen LogP) is 1.71. The highest BCUT2D eigenvalue weighted by atomic mass is 35.5. The largest absolute Gasteiger partial charge is 0.388 e. The number of carbonyl (C=O) groups is 1. The Labute approximate surface area is 127 Å². The molecule has 2 heterocycles. The van der Waals surface area contributed by atoms with E-state index in [1.807, 2.05) is 4.90 Å². The van der Waals surface area contributed by atoms with Crippen LogP contribution >= 0.6 is 12.4 Å². The summed E-state index contributed by atoms with van der Waals surface area (Å²) in [4.78, 5) is 14.2. The van der Waals surface area contributed by atoms with Crippen LogP contribution in [-0.2, 0) is 4.79 Å². The third-order valence-corrected chi connectivity index (χ3v) is 5.34. The molecule has 0 bridgehead atoms. The molecule has 3 rings (SSSR count). The number of nitrogens with zero attached hydrogens (tertiary/aromatic N) is 1. The van der Waals surface area contributed by atoms with Gasteiger partial charge in [-0.25, -0.2) is 0 Å². The standard InChI is InChI=1S/C15H26N2O2.ClH/c18-13-10-14(4-2-1-3-5-14)11-17(13)12-15(19)6-8-16-9-7-15;/h16,19H,1-12H2;1H. The van der Waals surface area contributed by atoms with Crippen LogP contribution in [0, 0.1) is 5.41 Å². The van der Waals surface area contributed by atoms with Crippen molar-refractivity contribution >= 4 is 18.3 Å². The van der Waals surface area contributed by atoms with Gasteiger partial charge in [0.1, 0.15) is 0 Å². The van der Waals surface area contributed by atoms with Crippen molar-refractivity contribution in [2.75, 3.05) is 26.2 Å². The second-order valence-corrected chi connectivity index (χ2v) is 6.96. The summed E-state index contributed by atoms with van der Waals surface area (Å²) in [5.74, 6) is 0.272. The number of piperidine rings is 1. The SMILES string of the molecule is Cl.O=C1CC2(CCCCC2)CN1CC1(O)CCNCC1. The molecular formula is C15H27ClN2O2. The van der Waals surface area contributed by atoms with Crippen molar-refractivity contribution in [2.45, 2.75) is 57.0 Å². The van der Waals surface area contributed by atoms with Gasteiger partial charge >= 0.3 is 0 Å². The lowest BCUT2D eigenvalue weighted by molar-refractivity contribution is -0.131. The molecule has 0 aromatic rings. The highest BCUT2D eigenvalue weighted by molar-refractivity contribution is 5.85. The molecule has 5 heteroatoms. The Bertz CT molecular complexity index is 350. The number of aliphatic hydroxyl groups is 1. The fourth-order valence-corrected chi connectivity index (χ4v) is 4.17. The zero-order valence-corrected chi connectivity index (χ0v) is 13.0. The molecule has 1 saturated carbocycles. The van der Waals surface area contributed by atoms with Crippen LogP contribution in [0.4, 0.5) is 0 Å². The van der Waals surface area contributed by atoms with Gasteiger partial charge in [-0.15, -0.1) is 12.4 Å². The van der Waals surface area contributed by atoms with Gasteiger partial charge in [0.2, 0.25) is 5.91 Å². The van der Waals surface area contributed by atoms with Gasteiger partial charge in [-0.1, -0.05) is 19.3 Å². The van der Waals surface area contributed by atoms with Crippen LogP contribution in [0.1, 0.15) is 51.4 Å². The van der Waals surface area contributed by atoms with Crippen molar-refractivity contribution in [2.24, 2.45) is 5.41 Å². The Morgan fingerprint density at radius 2 is 1.75 bits per heavy atom. The number of amides is 1. The third kappa shape index (κ3) is 3.29. The number of hydrogen-bond acceptors (Lipinski definition) is 3. The Morgan fingerprint density at radius 1 is 1.10 bits per heavy atom. The van der Waals surface area contributed by atoms with Gasteiger partial charge in [0.05, 0.1) is 5.60 Å². The van der Waals surface area contributed by atoms with E-state index in [9.17, 15) is 9.90 Å². The van der Waals surface area contributed by atoms with Crippen molar-refractivity contribution < 1.29 is 9.90 Å². The molecule has 1 spiro atoms. The molecule has 116 valence electrons. The van der Waals surface area contributed by atoms with E-state index >= 15 is 0 Å². The Balaban J connectivity index is 0.00000147. The minimum absolute atomic E-state index is 0. The fraction of sp³-hybridized carbons (Fsp3) is 0.933. The summed E-state index contributed by atoms with van der Waals surface area (Å²) in [5.41, 5.74) is -0.403. The zero-order chi connectivity index (χ0) is 13.3. The highest BCUT2D eigenvalue weighted by Gasteiger charge is 2.45. The first-order valence-electron chi connectivity index (χ1n) is 7.82. The van der Waals surface area contributed by atoms with Gasteiger partial charge in [0.15, 0.2) is 0 Å². The summed E-state index contributed by atoms with van der Waals surface area (Å²) in [5, 5.41) is 13.9. The van der Waals surface area contributed by atoms with Crippen molar-refractivity contribution in [3.8, 4) is 0 Å². The van der Waals surface area contributed by atoms with Gasteiger partial charge in [-0.05, 0) is 44.2 Å².